The number of anilines is 4. The van der Waals surface area contributed by atoms with Crippen LogP contribution in [0.1, 0.15) is 20.7 Å². The van der Waals surface area contributed by atoms with Crippen LogP contribution in [-0.4, -0.2) is 58.4 Å². The van der Waals surface area contributed by atoms with E-state index in [9.17, 15) is 19.2 Å². The Labute approximate surface area is 207 Å². The maximum atomic E-state index is 12.2. The van der Waals surface area contributed by atoms with E-state index in [-0.39, 0.29) is 23.2 Å². The third-order valence-corrected chi connectivity index (χ3v) is 5.19. The van der Waals surface area contributed by atoms with E-state index in [4.69, 9.17) is 15.2 Å². The summed E-state index contributed by atoms with van der Waals surface area (Å²) < 4.78 is 10.8. The monoisotopic (exact) mass is 495 g/mol. The normalized spacial score (nSPS) is 10.7. The highest BCUT2D eigenvalue weighted by molar-refractivity contribution is 5.95. The fourth-order valence-electron chi connectivity index (χ4n) is 3.23. The molecule has 0 saturated carbocycles. The molecule has 36 heavy (non-hydrogen) atoms. The first-order chi connectivity index (χ1) is 17.4. The van der Waals surface area contributed by atoms with Crippen LogP contribution in [0.5, 0.6) is 0 Å². The van der Waals surface area contributed by atoms with Crippen LogP contribution in [0.15, 0.2) is 58.1 Å². The van der Waals surface area contributed by atoms with Gasteiger partial charge >= 0.3 is 0 Å². The molecule has 11 heteroatoms. The second-order valence-corrected chi connectivity index (χ2v) is 7.72. The van der Waals surface area contributed by atoms with Crippen LogP contribution in [-0.2, 0) is 9.47 Å². The molecule has 0 fully saturated rings. The molecule has 11 nitrogen and oxygen atoms in total. The molecule has 0 aliphatic carbocycles. The Morgan fingerprint density at radius 1 is 0.722 bits per heavy atom. The zero-order chi connectivity index (χ0) is 25.9. The Morgan fingerprint density at radius 2 is 1.19 bits per heavy atom. The summed E-state index contributed by atoms with van der Waals surface area (Å²) in [6.07, 6.45) is 0. The molecule has 2 amide bonds. The Morgan fingerprint density at radius 3 is 1.69 bits per heavy atom. The molecule has 3 aromatic carbocycles. The number of carbonyl (C=O) groups excluding carboxylic acids is 2. The summed E-state index contributed by atoms with van der Waals surface area (Å²) in [5, 5.41) is 11.1. The van der Waals surface area contributed by atoms with Gasteiger partial charge in [0.25, 0.3) is 22.7 Å². The number of benzene rings is 2. The summed E-state index contributed by atoms with van der Waals surface area (Å²) in [6, 6.07) is 13.2. The molecule has 0 aliphatic heterocycles. The first kappa shape index (κ1) is 26.4. The summed E-state index contributed by atoms with van der Waals surface area (Å²) in [7, 11) is 1.57. The van der Waals surface area contributed by atoms with Crippen LogP contribution in [0.3, 0.4) is 0 Å². The van der Waals surface area contributed by atoms with Crippen molar-refractivity contribution >= 4 is 34.6 Å². The van der Waals surface area contributed by atoms with E-state index in [1.807, 2.05) is 0 Å². The Hall–Kier alpha value is -4.22. The summed E-state index contributed by atoms with van der Waals surface area (Å²) >= 11 is 0. The van der Waals surface area contributed by atoms with Gasteiger partial charge in [-0.2, -0.15) is 0 Å². The molecule has 0 aliphatic rings. The van der Waals surface area contributed by atoms with Crippen molar-refractivity contribution in [3.05, 3.63) is 80.1 Å². The molecule has 3 rings (SSSR count). The highest BCUT2D eigenvalue weighted by Crippen LogP contribution is 2.20. The van der Waals surface area contributed by atoms with Crippen LogP contribution in [0, 0.1) is 0 Å². The lowest BCUT2D eigenvalue weighted by Crippen LogP contribution is -2.35. The van der Waals surface area contributed by atoms with Crippen molar-refractivity contribution in [1.29, 1.82) is 0 Å². The molecule has 0 aromatic heterocycles. The Kier molecular flexibility index (Phi) is 9.55. The SMILES string of the molecule is CNc1c(Nc2ccc(C(=O)NCCOCCOCCNC(=O)c3ccc(N)cc3)cc2)c(=O)c1=O. The Balaban J connectivity index is 1.23. The van der Waals surface area contributed by atoms with Crippen LogP contribution in [0.2, 0.25) is 0 Å². The first-order valence-electron chi connectivity index (χ1n) is 11.4. The van der Waals surface area contributed by atoms with Crippen LogP contribution in [0.25, 0.3) is 0 Å². The molecule has 0 atom stereocenters. The first-order valence-corrected chi connectivity index (χ1v) is 11.4. The number of amides is 2. The predicted molar refractivity (Wildman–Crippen MR) is 138 cm³/mol. The van der Waals surface area contributed by atoms with Crippen molar-refractivity contribution in [2.24, 2.45) is 0 Å². The highest BCUT2D eigenvalue weighted by atomic mass is 16.5. The van der Waals surface area contributed by atoms with Crippen LogP contribution in [0.4, 0.5) is 22.7 Å². The summed E-state index contributed by atoms with van der Waals surface area (Å²) in [5.41, 5.74) is 7.09. The fourth-order valence-corrected chi connectivity index (χ4v) is 3.23. The fraction of sp³-hybridized carbons (Fsp3) is 0.280. The van der Waals surface area contributed by atoms with Gasteiger partial charge in [-0.1, -0.05) is 0 Å². The standard InChI is InChI=1S/C25H29N5O6/c1-27-20-21(23(32)22(20)31)30-19-8-4-17(5-9-19)25(34)29-11-13-36-15-14-35-12-10-28-24(33)16-2-6-18(26)7-3-16/h2-9,27,30H,10-15,26H2,1H3,(H,28,33)(H,29,34). The number of hydrogen-bond donors (Lipinski definition) is 5. The quantitative estimate of drug-likeness (QED) is 0.124. The summed E-state index contributed by atoms with van der Waals surface area (Å²) in [6.45, 7) is 2.08. The number of carbonyl (C=O) groups is 2. The maximum absolute atomic E-state index is 12.2. The van der Waals surface area contributed by atoms with Gasteiger partial charge in [0.15, 0.2) is 0 Å². The van der Waals surface area contributed by atoms with Gasteiger partial charge in [0.05, 0.1) is 26.4 Å². The van der Waals surface area contributed by atoms with Crippen molar-refractivity contribution in [3.63, 3.8) is 0 Å². The lowest BCUT2D eigenvalue weighted by molar-refractivity contribution is 0.0486. The van der Waals surface area contributed by atoms with E-state index >= 15 is 0 Å². The zero-order valence-electron chi connectivity index (χ0n) is 19.9. The van der Waals surface area contributed by atoms with Crippen LogP contribution < -0.4 is 37.9 Å². The molecular formula is C25H29N5O6. The van der Waals surface area contributed by atoms with E-state index in [2.05, 4.69) is 21.3 Å². The van der Waals surface area contributed by atoms with E-state index in [0.717, 1.165) is 0 Å². The lowest BCUT2D eigenvalue weighted by Gasteiger charge is -2.13. The third kappa shape index (κ3) is 7.14. The maximum Gasteiger partial charge on any atom is 0.253 e. The van der Waals surface area contributed by atoms with Gasteiger partial charge in [-0.15, -0.1) is 0 Å². The van der Waals surface area contributed by atoms with E-state index in [1.165, 1.54) is 0 Å². The summed E-state index contributed by atoms with van der Waals surface area (Å²) in [4.78, 5) is 47.3. The molecule has 0 radical (unpaired) electrons. The predicted octanol–water partition coefficient (Wildman–Crippen LogP) is 0.843. The zero-order valence-corrected chi connectivity index (χ0v) is 19.9. The molecular weight excluding hydrogens is 466 g/mol. The van der Waals surface area contributed by atoms with Crippen molar-refractivity contribution in [1.82, 2.24) is 10.6 Å². The minimum Gasteiger partial charge on any atom is -0.399 e. The average molecular weight is 496 g/mol. The second kappa shape index (κ2) is 13.0. The van der Waals surface area contributed by atoms with E-state index < -0.39 is 10.9 Å². The molecule has 0 bridgehead atoms. The number of nitrogen functional groups attached to an aromatic ring is 1. The molecule has 0 saturated heterocycles. The molecule has 0 unspecified atom stereocenters. The smallest absolute Gasteiger partial charge is 0.253 e. The van der Waals surface area contributed by atoms with Gasteiger partial charge in [0.1, 0.15) is 11.4 Å². The van der Waals surface area contributed by atoms with Crippen molar-refractivity contribution < 1.29 is 19.1 Å². The van der Waals surface area contributed by atoms with Gasteiger partial charge < -0.3 is 36.5 Å². The number of hydrogen-bond acceptors (Lipinski definition) is 9. The van der Waals surface area contributed by atoms with Crippen molar-refractivity contribution in [2.45, 2.75) is 0 Å². The van der Waals surface area contributed by atoms with Gasteiger partial charge in [-0.3, -0.25) is 19.2 Å². The van der Waals surface area contributed by atoms with Crippen molar-refractivity contribution in [2.75, 3.05) is 62.9 Å². The minimum atomic E-state index is -0.576. The third-order valence-electron chi connectivity index (χ3n) is 5.19. The van der Waals surface area contributed by atoms with Crippen molar-refractivity contribution in [3.8, 4) is 0 Å². The topological polar surface area (TPSA) is 161 Å². The molecule has 190 valence electrons. The average Bonchev–Trinajstić information content (AvgIpc) is 2.89. The summed E-state index contributed by atoms with van der Waals surface area (Å²) in [5.74, 6) is -0.454. The molecule has 0 heterocycles. The minimum absolute atomic E-state index is 0.193. The van der Waals surface area contributed by atoms with E-state index in [0.29, 0.717) is 62.0 Å². The molecule has 6 N–H and O–H groups in total. The van der Waals surface area contributed by atoms with Gasteiger partial charge in [-0.05, 0) is 48.5 Å². The lowest BCUT2D eigenvalue weighted by atomic mass is 10.1. The highest BCUT2D eigenvalue weighted by Gasteiger charge is 2.19. The van der Waals surface area contributed by atoms with Gasteiger partial charge in [0, 0.05) is 42.6 Å². The largest absolute Gasteiger partial charge is 0.399 e. The Bertz CT molecular complexity index is 1230. The number of nitrogens with two attached hydrogens (primary N) is 1. The molecule has 0 spiro atoms. The molecule has 3 aromatic rings. The number of ether oxygens (including phenoxy) is 2. The second-order valence-electron chi connectivity index (χ2n) is 7.72. The number of rotatable bonds is 14. The van der Waals surface area contributed by atoms with E-state index in [1.54, 1.807) is 55.6 Å². The van der Waals surface area contributed by atoms with Gasteiger partial charge in [-0.25, -0.2) is 0 Å². The van der Waals surface area contributed by atoms with Gasteiger partial charge in [0.2, 0.25) is 0 Å². The van der Waals surface area contributed by atoms with Crippen LogP contribution >= 0.6 is 0 Å². The number of nitrogens with one attached hydrogen (secondary N) is 4.